The highest BCUT2D eigenvalue weighted by atomic mass is 35.5. The molecule has 4 rings (SSSR count). The standard InChI is InChI=1S/C21H16ClNO4/c1-12-7-19-15(9-17(12)22)13(8-20(24)27-19)11-26-21(25)16-10-23(2)18-6-4-3-5-14(16)18/h3-10H,11H2,1-2H3. The van der Waals surface area contributed by atoms with Crippen molar-refractivity contribution in [2.45, 2.75) is 13.5 Å². The zero-order valence-corrected chi connectivity index (χ0v) is 15.5. The van der Waals surface area contributed by atoms with Crippen LogP contribution in [0.4, 0.5) is 0 Å². The summed E-state index contributed by atoms with van der Waals surface area (Å²) >= 11 is 6.20. The van der Waals surface area contributed by atoms with Crippen LogP contribution >= 0.6 is 11.6 Å². The van der Waals surface area contributed by atoms with E-state index in [1.54, 1.807) is 18.3 Å². The minimum Gasteiger partial charge on any atom is -0.457 e. The molecule has 0 unspecified atom stereocenters. The SMILES string of the molecule is Cc1cc2oc(=O)cc(COC(=O)c3cn(C)c4ccccc34)c2cc1Cl. The molecule has 0 aliphatic rings. The number of hydrogen-bond acceptors (Lipinski definition) is 4. The minimum atomic E-state index is -0.500. The predicted molar refractivity (Wildman–Crippen MR) is 104 cm³/mol. The minimum absolute atomic E-state index is 0.0520. The molecule has 2 heterocycles. The average Bonchev–Trinajstić information content (AvgIpc) is 2.98. The Kier molecular flexibility index (Phi) is 4.24. The third kappa shape index (κ3) is 3.11. The van der Waals surface area contributed by atoms with E-state index < -0.39 is 11.6 Å². The Morgan fingerprint density at radius 2 is 1.96 bits per heavy atom. The number of hydrogen-bond donors (Lipinski definition) is 0. The summed E-state index contributed by atoms with van der Waals surface area (Å²) in [6, 6.07) is 12.3. The summed E-state index contributed by atoms with van der Waals surface area (Å²) < 4.78 is 12.6. The Morgan fingerprint density at radius 3 is 2.78 bits per heavy atom. The van der Waals surface area contributed by atoms with E-state index >= 15 is 0 Å². The number of carbonyl (C=O) groups excluding carboxylic acids is 1. The van der Waals surface area contributed by atoms with Gasteiger partial charge < -0.3 is 13.7 Å². The summed E-state index contributed by atoms with van der Waals surface area (Å²) in [5.74, 6) is -0.452. The molecule has 4 aromatic rings. The third-order valence-electron chi connectivity index (χ3n) is 4.59. The van der Waals surface area contributed by atoms with Gasteiger partial charge >= 0.3 is 11.6 Å². The Morgan fingerprint density at radius 1 is 1.19 bits per heavy atom. The number of benzene rings is 2. The maximum atomic E-state index is 12.6. The number of aryl methyl sites for hydroxylation is 2. The van der Waals surface area contributed by atoms with Crippen molar-refractivity contribution in [3.63, 3.8) is 0 Å². The molecule has 0 aliphatic carbocycles. The Balaban J connectivity index is 1.68. The van der Waals surface area contributed by atoms with Crippen molar-refractivity contribution in [1.82, 2.24) is 4.57 Å². The normalized spacial score (nSPS) is 11.2. The lowest BCUT2D eigenvalue weighted by molar-refractivity contribution is 0.0476. The Bertz CT molecular complexity index is 1250. The zero-order valence-electron chi connectivity index (χ0n) is 14.8. The fraction of sp³-hybridized carbons (Fsp3) is 0.143. The van der Waals surface area contributed by atoms with Crippen LogP contribution in [0.5, 0.6) is 0 Å². The lowest BCUT2D eigenvalue weighted by Crippen LogP contribution is -2.08. The molecular formula is C21H16ClNO4. The van der Waals surface area contributed by atoms with Crippen LogP contribution in [0.1, 0.15) is 21.5 Å². The molecule has 0 saturated heterocycles. The molecule has 0 fully saturated rings. The van der Waals surface area contributed by atoms with Gasteiger partial charge in [0, 0.05) is 46.2 Å². The molecule has 0 amide bonds. The number of aromatic nitrogens is 1. The molecule has 0 radical (unpaired) electrons. The van der Waals surface area contributed by atoms with Gasteiger partial charge in [-0.25, -0.2) is 9.59 Å². The van der Waals surface area contributed by atoms with E-state index in [0.29, 0.717) is 27.1 Å². The van der Waals surface area contributed by atoms with Crippen LogP contribution in [0.3, 0.4) is 0 Å². The van der Waals surface area contributed by atoms with Crippen LogP contribution in [0.15, 0.2) is 57.9 Å². The van der Waals surface area contributed by atoms with Gasteiger partial charge in [-0.2, -0.15) is 0 Å². The van der Waals surface area contributed by atoms with E-state index in [2.05, 4.69) is 0 Å². The maximum absolute atomic E-state index is 12.6. The molecule has 136 valence electrons. The zero-order chi connectivity index (χ0) is 19.1. The molecule has 0 bridgehead atoms. The number of nitrogens with zero attached hydrogens (tertiary/aromatic N) is 1. The van der Waals surface area contributed by atoms with Crippen LogP contribution in [-0.2, 0) is 18.4 Å². The number of esters is 1. The van der Waals surface area contributed by atoms with Crippen molar-refractivity contribution in [2.24, 2.45) is 7.05 Å². The van der Waals surface area contributed by atoms with E-state index in [1.807, 2.05) is 42.8 Å². The highest BCUT2D eigenvalue weighted by Crippen LogP contribution is 2.26. The highest BCUT2D eigenvalue weighted by molar-refractivity contribution is 6.32. The summed E-state index contributed by atoms with van der Waals surface area (Å²) in [5.41, 5.74) is 2.70. The van der Waals surface area contributed by atoms with Crippen LogP contribution in [-0.4, -0.2) is 10.5 Å². The molecule has 0 N–H and O–H groups in total. The molecule has 0 saturated carbocycles. The number of ether oxygens (including phenoxy) is 1. The van der Waals surface area contributed by atoms with Gasteiger partial charge in [-0.05, 0) is 30.7 Å². The Labute approximate surface area is 159 Å². The molecule has 0 atom stereocenters. The molecule has 2 aromatic heterocycles. The second-order valence-corrected chi connectivity index (χ2v) is 6.84. The topological polar surface area (TPSA) is 61.4 Å². The van der Waals surface area contributed by atoms with Crippen molar-refractivity contribution in [3.8, 4) is 0 Å². The number of fused-ring (bicyclic) bond motifs is 2. The molecule has 27 heavy (non-hydrogen) atoms. The summed E-state index contributed by atoms with van der Waals surface area (Å²) in [6.07, 6.45) is 1.74. The van der Waals surface area contributed by atoms with Crippen LogP contribution in [0.2, 0.25) is 5.02 Å². The van der Waals surface area contributed by atoms with Crippen LogP contribution in [0, 0.1) is 6.92 Å². The first kappa shape index (κ1) is 17.4. The van der Waals surface area contributed by atoms with Crippen LogP contribution < -0.4 is 5.63 Å². The van der Waals surface area contributed by atoms with Gasteiger partial charge in [0.1, 0.15) is 12.2 Å². The first-order chi connectivity index (χ1) is 12.9. The summed E-state index contributed by atoms with van der Waals surface area (Å²) in [6.45, 7) is 1.78. The number of halogens is 1. The van der Waals surface area contributed by atoms with E-state index in [-0.39, 0.29) is 6.61 Å². The van der Waals surface area contributed by atoms with Crippen molar-refractivity contribution in [3.05, 3.63) is 80.8 Å². The van der Waals surface area contributed by atoms with Gasteiger partial charge in [0.05, 0.1) is 5.56 Å². The van der Waals surface area contributed by atoms with Crippen molar-refractivity contribution < 1.29 is 13.9 Å². The van der Waals surface area contributed by atoms with E-state index in [4.69, 9.17) is 20.8 Å². The van der Waals surface area contributed by atoms with Crippen LogP contribution in [0.25, 0.3) is 21.9 Å². The quantitative estimate of drug-likeness (QED) is 0.384. The van der Waals surface area contributed by atoms with E-state index in [1.165, 1.54) is 6.07 Å². The second kappa shape index (κ2) is 6.59. The van der Waals surface area contributed by atoms with Gasteiger partial charge in [-0.3, -0.25) is 0 Å². The smallest absolute Gasteiger partial charge is 0.340 e. The summed E-state index contributed by atoms with van der Waals surface area (Å²) in [7, 11) is 1.87. The fourth-order valence-electron chi connectivity index (χ4n) is 3.19. The summed E-state index contributed by atoms with van der Waals surface area (Å²) in [5, 5.41) is 2.02. The molecule has 0 aliphatic heterocycles. The fourth-order valence-corrected chi connectivity index (χ4v) is 3.36. The lowest BCUT2D eigenvalue weighted by Gasteiger charge is -2.08. The number of carbonyl (C=O) groups is 1. The second-order valence-electron chi connectivity index (χ2n) is 6.44. The number of para-hydroxylation sites is 1. The third-order valence-corrected chi connectivity index (χ3v) is 4.99. The lowest BCUT2D eigenvalue weighted by atomic mass is 10.1. The molecular weight excluding hydrogens is 366 g/mol. The van der Waals surface area contributed by atoms with E-state index in [0.717, 1.165) is 16.5 Å². The summed E-state index contributed by atoms with van der Waals surface area (Å²) in [4.78, 5) is 24.5. The monoisotopic (exact) mass is 381 g/mol. The molecule has 5 nitrogen and oxygen atoms in total. The van der Waals surface area contributed by atoms with Gasteiger partial charge in [-0.15, -0.1) is 0 Å². The largest absolute Gasteiger partial charge is 0.457 e. The molecule has 0 spiro atoms. The average molecular weight is 382 g/mol. The molecule has 2 aromatic carbocycles. The highest BCUT2D eigenvalue weighted by Gasteiger charge is 2.16. The van der Waals surface area contributed by atoms with Gasteiger partial charge in [0.2, 0.25) is 0 Å². The Hall–Kier alpha value is -3.05. The predicted octanol–water partition coefficient (Wildman–Crippen LogP) is 4.60. The van der Waals surface area contributed by atoms with E-state index in [9.17, 15) is 9.59 Å². The van der Waals surface area contributed by atoms with Crippen molar-refractivity contribution >= 4 is 39.4 Å². The van der Waals surface area contributed by atoms with Gasteiger partial charge in [0.15, 0.2) is 0 Å². The van der Waals surface area contributed by atoms with Gasteiger partial charge in [0.25, 0.3) is 0 Å². The molecule has 6 heteroatoms. The van der Waals surface area contributed by atoms with Crippen molar-refractivity contribution in [1.29, 1.82) is 0 Å². The number of rotatable bonds is 3. The van der Waals surface area contributed by atoms with Gasteiger partial charge in [-0.1, -0.05) is 29.8 Å². The van der Waals surface area contributed by atoms with Crippen molar-refractivity contribution in [2.75, 3.05) is 0 Å². The first-order valence-electron chi connectivity index (χ1n) is 8.38. The first-order valence-corrected chi connectivity index (χ1v) is 8.76. The maximum Gasteiger partial charge on any atom is 0.340 e.